The van der Waals surface area contributed by atoms with Crippen LogP contribution in [0.4, 0.5) is 0 Å². The van der Waals surface area contributed by atoms with Gasteiger partial charge in [0, 0.05) is 6.07 Å². The number of hydrogen-bond acceptors (Lipinski definition) is 6. The van der Waals surface area contributed by atoms with E-state index in [0.29, 0.717) is 0 Å². The molecule has 0 amide bonds. The molecule has 0 aliphatic heterocycles. The summed E-state index contributed by atoms with van der Waals surface area (Å²) in [6.45, 7) is 0. The molecule has 0 atom stereocenters. The minimum atomic E-state index is -3.92. The van der Waals surface area contributed by atoms with Gasteiger partial charge >= 0.3 is 5.97 Å². The fourth-order valence-corrected chi connectivity index (χ4v) is 3.35. The van der Waals surface area contributed by atoms with Crippen molar-refractivity contribution in [1.82, 2.24) is 4.72 Å². The molecule has 0 spiro atoms. The molecule has 0 saturated carbocycles. The molecule has 2 N–H and O–H groups in total. The molecule has 1 aromatic heterocycles. The van der Waals surface area contributed by atoms with E-state index in [4.69, 9.17) is 14.3 Å². The van der Waals surface area contributed by atoms with Crippen LogP contribution in [0.5, 0.6) is 5.75 Å². The zero-order chi connectivity index (χ0) is 18.4. The first kappa shape index (κ1) is 16.9. The van der Waals surface area contributed by atoms with Gasteiger partial charge in [-0.2, -0.15) is 0 Å². The molecule has 1 heterocycles. The number of fused-ring (bicyclic) bond motifs is 2. The molecule has 0 aliphatic carbocycles. The number of nitrogens with one attached hydrogen (secondary N) is 1. The molecule has 3 aromatic rings. The Kier molecular flexibility index (Phi) is 3.97. The van der Waals surface area contributed by atoms with Crippen LogP contribution in [-0.4, -0.2) is 33.7 Å². The SMILES string of the molecule is CNS(=O)(=O)c1cc(OC)cc2c(=O)c3cc(C(=O)O)ccc3oc12. The quantitative estimate of drug-likeness (QED) is 0.674. The average Bonchev–Trinajstić information content (AvgIpc) is 2.60. The van der Waals surface area contributed by atoms with E-state index in [9.17, 15) is 18.0 Å². The molecular formula is C16H13NO7S. The van der Waals surface area contributed by atoms with Crippen molar-refractivity contribution in [2.75, 3.05) is 14.2 Å². The van der Waals surface area contributed by atoms with Gasteiger partial charge < -0.3 is 14.3 Å². The number of carbonyl (C=O) groups is 1. The Morgan fingerprint density at radius 2 is 1.92 bits per heavy atom. The third-order valence-electron chi connectivity index (χ3n) is 3.75. The maximum Gasteiger partial charge on any atom is 0.335 e. The lowest BCUT2D eigenvalue weighted by atomic mass is 10.1. The second kappa shape index (κ2) is 5.87. The first-order valence-corrected chi connectivity index (χ1v) is 8.52. The molecule has 0 unspecified atom stereocenters. The Morgan fingerprint density at radius 1 is 1.20 bits per heavy atom. The van der Waals surface area contributed by atoms with Crippen molar-refractivity contribution >= 4 is 37.9 Å². The summed E-state index contributed by atoms with van der Waals surface area (Å²) in [5.74, 6) is -1.03. The molecule has 0 fully saturated rings. The van der Waals surface area contributed by atoms with Crippen LogP contribution in [0.1, 0.15) is 10.4 Å². The molecule has 0 aliphatic rings. The zero-order valence-electron chi connectivity index (χ0n) is 13.2. The summed E-state index contributed by atoms with van der Waals surface area (Å²) in [6.07, 6.45) is 0. The standard InChI is InChI=1S/C16H13NO7S/c1-17-25(21,22)13-7-9(23-2)6-11-14(18)10-5-8(16(19)20)3-4-12(10)24-15(11)13/h3-7,17H,1-2H3,(H,19,20). The van der Waals surface area contributed by atoms with Crippen LogP contribution in [0.3, 0.4) is 0 Å². The predicted molar refractivity (Wildman–Crippen MR) is 89.7 cm³/mol. The molecule has 0 saturated heterocycles. The minimum absolute atomic E-state index is 0.0248. The van der Waals surface area contributed by atoms with E-state index in [1.54, 1.807) is 0 Å². The summed E-state index contributed by atoms with van der Waals surface area (Å²) in [6, 6.07) is 6.38. The van der Waals surface area contributed by atoms with Gasteiger partial charge in [-0.15, -0.1) is 0 Å². The number of carboxylic acid groups (broad SMARTS) is 1. The predicted octanol–water partition coefficient (Wildman–Crippen LogP) is 1.56. The molecular weight excluding hydrogens is 350 g/mol. The van der Waals surface area contributed by atoms with Crippen LogP contribution in [0.2, 0.25) is 0 Å². The van der Waals surface area contributed by atoms with Crippen molar-refractivity contribution in [1.29, 1.82) is 0 Å². The fraction of sp³-hybridized carbons (Fsp3) is 0.125. The zero-order valence-corrected chi connectivity index (χ0v) is 14.0. The molecule has 130 valence electrons. The second-order valence-corrected chi connectivity index (χ2v) is 7.01. The number of carboxylic acids is 1. The van der Waals surface area contributed by atoms with Gasteiger partial charge in [-0.05, 0) is 31.3 Å². The van der Waals surface area contributed by atoms with Crippen molar-refractivity contribution in [3.05, 3.63) is 46.1 Å². The van der Waals surface area contributed by atoms with Crippen LogP contribution >= 0.6 is 0 Å². The molecule has 0 bridgehead atoms. The van der Waals surface area contributed by atoms with Crippen molar-refractivity contribution in [2.24, 2.45) is 0 Å². The van der Waals surface area contributed by atoms with E-state index in [2.05, 4.69) is 4.72 Å². The highest BCUT2D eigenvalue weighted by atomic mass is 32.2. The average molecular weight is 363 g/mol. The Balaban J connectivity index is 2.52. The lowest BCUT2D eigenvalue weighted by Gasteiger charge is -2.10. The molecule has 8 nitrogen and oxygen atoms in total. The number of benzene rings is 2. The number of ether oxygens (including phenoxy) is 1. The lowest BCUT2D eigenvalue weighted by molar-refractivity contribution is 0.0697. The number of sulfonamides is 1. The Labute approximate surface area is 141 Å². The number of aromatic carboxylic acids is 1. The van der Waals surface area contributed by atoms with Crippen LogP contribution in [0.15, 0.2) is 44.4 Å². The normalized spacial score (nSPS) is 11.8. The topological polar surface area (TPSA) is 123 Å². The monoisotopic (exact) mass is 363 g/mol. The van der Waals surface area contributed by atoms with Crippen LogP contribution in [0, 0.1) is 0 Å². The van der Waals surface area contributed by atoms with Gasteiger partial charge in [0.1, 0.15) is 16.2 Å². The first-order chi connectivity index (χ1) is 11.8. The first-order valence-electron chi connectivity index (χ1n) is 7.04. The van der Waals surface area contributed by atoms with Gasteiger partial charge in [0.15, 0.2) is 5.58 Å². The summed E-state index contributed by atoms with van der Waals surface area (Å²) < 4.78 is 37.4. The maximum atomic E-state index is 12.8. The minimum Gasteiger partial charge on any atom is -0.497 e. The Bertz CT molecular complexity index is 1180. The van der Waals surface area contributed by atoms with E-state index in [1.165, 1.54) is 44.5 Å². The summed E-state index contributed by atoms with van der Waals surface area (Å²) in [7, 11) is -1.35. The van der Waals surface area contributed by atoms with Crippen LogP contribution < -0.4 is 14.9 Å². The second-order valence-electron chi connectivity index (χ2n) is 5.16. The summed E-state index contributed by atoms with van der Waals surface area (Å²) in [5, 5.41) is 9.08. The van der Waals surface area contributed by atoms with Crippen molar-refractivity contribution in [3.63, 3.8) is 0 Å². The van der Waals surface area contributed by atoms with E-state index < -0.39 is 21.4 Å². The van der Waals surface area contributed by atoms with Gasteiger partial charge in [0.2, 0.25) is 15.5 Å². The van der Waals surface area contributed by atoms with Gasteiger partial charge in [-0.1, -0.05) is 0 Å². The highest BCUT2D eigenvalue weighted by molar-refractivity contribution is 7.89. The van der Waals surface area contributed by atoms with Crippen molar-refractivity contribution in [2.45, 2.75) is 4.90 Å². The Morgan fingerprint density at radius 3 is 2.52 bits per heavy atom. The van der Waals surface area contributed by atoms with Gasteiger partial charge in [0.05, 0.1) is 23.4 Å². The molecule has 0 radical (unpaired) electrons. The number of hydrogen-bond donors (Lipinski definition) is 2. The fourth-order valence-electron chi connectivity index (χ4n) is 2.46. The largest absolute Gasteiger partial charge is 0.497 e. The molecule has 2 aromatic carbocycles. The van der Waals surface area contributed by atoms with Crippen LogP contribution in [0.25, 0.3) is 21.9 Å². The van der Waals surface area contributed by atoms with Gasteiger partial charge in [-0.25, -0.2) is 17.9 Å². The Hall–Kier alpha value is -2.91. The van der Waals surface area contributed by atoms with E-state index in [1.807, 2.05) is 0 Å². The number of rotatable bonds is 4. The smallest absolute Gasteiger partial charge is 0.335 e. The highest BCUT2D eigenvalue weighted by Crippen LogP contribution is 2.29. The number of methoxy groups -OCH3 is 1. The summed E-state index contributed by atoms with van der Waals surface area (Å²) >= 11 is 0. The maximum absolute atomic E-state index is 12.8. The van der Waals surface area contributed by atoms with Crippen molar-refractivity contribution < 1.29 is 27.5 Å². The molecule has 3 rings (SSSR count). The van der Waals surface area contributed by atoms with E-state index in [0.717, 1.165) is 0 Å². The summed E-state index contributed by atoms with van der Waals surface area (Å²) in [5.41, 5.74) is -0.674. The third-order valence-corrected chi connectivity index (χ3v) is 5.17. The third kappa shape index (κ3) is 2.73. The molecule has 9 heteroatoms. The van der Waals surface area contributed by atoms with Crippen molar-refractivity contribution in [3.8, 4) is 5.75 Å². The lowest BCUT2D eigenvalue weighted by Crippen LogP contribution is -2.19. The molecule has 25 heavy (non-hydrogen) atoms. The van der Waals surface area contributed by atoms with E-state index in [-0.39, 0.29) is 38.1 Å². The highest BCUT2D eigenvalue weighted by Gasteiger charge is 2.22. The summed E-state index contributed by atoms with van der Waals surface area (Å²) in [4.78, 5) is 23.6. The van der Waals surface area contributed by atoms with E-state index >= 15 is 0 Å². The van der Waals surface area contributed by atoms with Gasteiger partial charge in [-0.3, -0.25) is 4.79 Å². The van der Waals surface area contributed by atoms with Crippen LogP contribution in [-0.2, 0) is 10.0 Å². The van der Waals surface area contributed by atoms with Gasteiger partial charge in [0.25, 0.3) is 0 Å².